The Labute approximate surface area is 99.8 Å². The van der Waals surface area contributed by atoms with Gasteiger partial charge in [0.05, 0.1) is 0 Å². The number of hydrogen-bond donors (Lipinski definition) is 1. The third kappa shape index (κ3) is 1.67. The summed E-state index contributed by atoms with van der Waals surface area (Å²) in [6, 6.07) is 7.22. The molecule has 15 heavy (non-hydrogen) atoms. The van der Waals surface area contributed by atoms with Gasteiger partial charge in [-0.15, -0.1) is 0 Å². The molecule has 2 fully saturated rings. The molecule has 2 heterocycles. The summed E-state index contributed by atoms with van der Waals surface area (Å²) in [6.45, 7) is 0. The van der Waals surface area contributed by atoms with Gasteiger partial charge in [0.15, 0.2) is 0 Å². The summed E-state index contributed by atoms with van der Waals surface area (Å²) >= 11 is 12.1. The lowest BCUT2D eigenvalue weighted by molar-refractivity contribution is 0.506. The Bertz CT molecular complexity index is 391. The van der Waals surface area contributed by atoms with Crippen LogP contribution in [0.25, 0.3) is 0 Å². The molecule has 1 nitrogen and oxygen atoms in total. The molecule has 0 aromatic heterocycles. The van der Waals surface area contributed by atoms with Crippen LogP contribution in [0.5, 0.6) is 0 Å². The van der Waals surface area contributed by atoms with Gasteiger partial charge >= 0.3 is 0 Å². The molecule has 1 aromatic carbocycles. The molecule has 3 rings (SSSR count). The zero-order valence-electron chi connectivity index (χ0n) is 8.34. The average Bonchev–Trinajstić information content (AvgIpc) is 2.78. The Morgan fingerprint density at radius 3 is 2.67 bits per heavy atom. The molecule has 0 saturated carbocycles. The lowest BCUT2D eigenvalue weighted by atomic mass is 9.84. The maximum Gasteiger partial charge on any atom is 0.0456 e. The van der Waals surface area contributed by atoms with E-state index in [1.165, 1.54) is 24.8 Å². The Balaban J connectivity index is 1.93. The fourth-order valence-corrected chi connectivity index (χ4v) is 3.52. The molecule has 1 aromatic rings. The zero-order chi connectivity index (χ0) is 10.4. The summed E-state index contributed by atoms with van der Waals surface area (Å²) in [5, 5.41) is 5.17. The maximum atomic E-state index is 6.23. The molecule has 0 amide bonds. The molecule has 0 radical (unpaired) electrons. The van der Waals surface area contributed by atoms with Crippen molar-refractivity contribution in [3.05, 3.63) is 33.8 Å². The SMILES string of the molecule is Clc1ccc(C2CC3CCC2N3)c(Cl)c1. The van der Waals surface area contributed by atoms with E-state index in [1.54, 1.807) is 0 Å². The number of halogens is 2. The lowest BCUT2D eigenvalue weighted by Crippen LogP contribution is -2.21. The Morgan fingerprint density at radius 2 is 2.07 bits per heavy atom. The monoisotopic (exact) mass is 241 g/mol. The molecule has 2 aliphatic heterocycles. The molecule has 80 valence electrons. The fourth-order valence-electron chi connectivity index (χ4n) is 2.97. The van der Waals surface area contributed by atoms with Crippen molar-refractivity contribution in [1.29, 1.82) is 0 Å². The third-order valence-electron chi connectivity index (χ3n) is 3.66. The van der Waals surface area contributed by atoms with Gasteiger partial charge in [0.25, 0.3) is 0 Å². The first-order chi connectivity index (χ1) is 7.24. The van der Waals surface area contributed by atoms with Crippen molar-refractivity contribution in [2.24, 2.45) is 0 Å². The molecule has 0 aliphatic carbocycles. The van der Waals surface area contributed by atoms with Crippen LogP contribution >= 0.6 is 23.2 Å². The van der Waals surface area contributed by atoms with E-state index in [0.29, 0.717) is 18.0 Å². The maximum absolute atomic E-state index is 6.23. The van der Waals surface area contributed by atoms with Gasteiger partial charge in [-0.25, -0.2) is 0 Å². The number of nitrogens with one attached hydrogen (secondary N) is 1. The van der Waals surface area contributed by atoms with E-state index in [4.69, 9.17) is 23.2 Å². The quantitative estimate of drug-likeness (QED) is 0.793. The van der Waals surface area contributed by atoms with Crippen LogP contribution in [-0.2, 0) is 0 Å². The number of benzene rings is 1. The van der Waals surface area contributed by atoms with E-state index >= 15 is 0 Å². The Morgan fingerprint density at radius 1 is 1.20 bits per heavy atom. The number of fused-ring (bicyclic) bond motifs is 2. The first-order valence-electron chi connectivity index (χ1n) is 5.45. The van der Waals surface area contributed by atoms with Crippen molar-refractivity contribution >= 4 is 23.2 Å². The van der Waals surface area contributed by atoms with Crippen LogP contribution in [0.2, 0.25) is 10.0 Å². The van der Waals surface area contributed by atoms with Crippen LogP contribution < -0.4 is 5.32 Å². The van der Waals surface area contributed by atoms with Crippen molar-refractivity contribution in [2.75, 3.05) is 0 Å². The van der Waals surface area contributed by atoms with E-state index in [0.717, 1.165) is 10.0 Å². The first-order valence-corrected chi connectivity index (χ1v) is 6.20. The summed E-state index contributed by atoms with van der Waals surface area (Å²) in [5.41, 5.74) is 1.26. The van der Waals surface area contributed by atoms with Gasteiger partial charge in [0.1, 0.15) is 0 Å². The highest BCUT2D eigenvalue weighted by atomic mass is 35.5. The molecule has 3 heteroatoms. The van der Waals surface area contributed by atoms with Crippen molar-refractivity contribution in [2.45, 2.75) is 37.3 Å². The standard InChI is InChI=1S/C12H13Cl2N/c13-7-1-3-9(11(14)5-7)10-6-8-2-4-12(10)15-8/h1,3,5,8,10,12,15H,2,4,6H2. The van der Waals surface area contributed by atoms with Crippen molar-refractivity contribution in [3.63, 3.8) is 0 Å². The second-order valence-electron chi connectivity index (χ2n) is 4.56. The highest BCUT2D eigenvalue weighted by molar-refractivity contribution is 6.35. The predicted molar refractivity (Wildman–Crippen MR) is 63.8 cm³/mol. The molecular weight excluding hydrogens is 229 g/mol. The van der Waals surface area contributed by atoms with Crippen molar-refractivity contribution in [3.8, 4) is 0 Å². The third-order valence-corrected chi connectivity index (χ3v) is 4.22. The van der Waals surface area contributed by atoms with Crippen molar-refractivity contribution < 1.29 is 0 Å². The molecule has 2 bridgehead atoms. The van der Waals surface area contributed by atoms with Crippen LogP contribution in [0.15, 0.2) is 18.2 Å². The average molecular weight is 242 g/mol. The summed E-state index contributed by atoms with van der Waals surface area (Å²) < 4.78 is 0. The fraction of sp³-hybridized carbons (Fsp3) is 0.500. The molecule has 3 atom stereocenters. The molecule has 2 aliphatic rings. The van der Waals surface area contributed by atoms with E-state index in [1.807, 2.05) is 12.1 Å². The number of rotatable bonds is 1. The topological polar surface area (TPSA) is 12.0 Å². The van der Waals surface area contributed by atoms with Crippen LogP contribution in [0.1, 0.15) is 30.7 Å². The van der Waals surface area contributed by atoms with Gasteiger partial charge in [-0.3, -0.25) is 0 Å². The molecular formula is C12H13Cl2N. The Kier molecular flexibility index (Phi) is 2.42. The molecule has 0 spiro atoms. The lowest BCUT2D eigenvalue weighted by Gasteiger charge is -2.21. The van der Waals surface area contributed by atoms with Gasteiger partial charge in [0, 0.05) is 28.0 Å². The van der Waals surface area contributed by atoms with Gasteiger partial charge in [-0.2, -0.15) is 0 Å². The first kappa shape index (κ1) is 9.95. The largest absolute Gasteiger partial charge is 0.311 e. The van der Waals surface area contributed by atoms with E-state index in [9.17, 15) is 0 Å². The summed E-state index contributed by atoms with van der Waals surface area (Å²) in [4.78, 5) is 0. The smallest absolute Gasteiger partial charge is 0.0456 e. The molecule has 2 saturated heterocycles. The van der Waals surface area contributed by atoms with Crippen LogP contribution in [0.4, 0.5) is 0 Å². The molecule has 1 N–H and O–H groups in total. The van der Waals surface area contributed by atoms with Gasteiger partial charge in [-0.05, 0) is 37.0 Å². The summed E-state index contributed by atoms with van der Waals surface area (Å²) in [6.07, 6.45) is 3.84. The second-order valence-corrected chi connectivity index (χ2v) is 5.40. The minimum atomic E-state index is 0.591. The minimum absolute atomic E-state index is 0.591. The number of hydrogen-bond acceptors (Lipinski definition) is 1. The van der Waals surface area contributed by atoms with Crippen LogP contribution in [0.3, 0.4) is 0 Å². The second kappa shape index (κ2) is 3.65. The van der Waals surface area contributed by atoms with Gasteiger partial charge in [0.2, 0.25) is 0 Å². The van der Waals surface area contributed by atoms with Gasteiger partial charge in [-0.1, -0.05) is 29.3 Å². The van der Waals surface area contributed by atoms with E-state index in [2.05, 4.69) is 11.4 Å². The highest BCUT2D eigenvalue weighted by Crippen LogP contribution is 2.42. The Hall–Kier alpha value is -0.240. The predicted octanol–water partition coefficient (Wildman–Crippen LogP) is 3.60. The van der Waals surface area contributed by atoms with Crippen LogP contribution in [-0.4, -0.2) is 12.1 Å². The minimum Gasteiger partial charge on any atom is -0.311 e. The normalized spacial score (nSPS) is 33.6. The zero-order valence-corrected chi connectivity index (χ0v) is 9.85. The van der Waals surface area contributed by atoms with Gasteiger partial charge < -0.3 is 5.32 Å². The molecule has 3 unspecified atom stereocenters. The van der Waals surface area contributed by atoms with Crippen LogP contribution in [0, 0.1) is 0 Å². The summed E-state index contributed by atoms with van der Waals surface area (Å²) in [5.74, 6) is 0.591. The summed E-state index contributed by atoms with van der Waals surface area (Å²) in [7, 11) is 0. The van der Waals surface area contributed by atoms with Crippen molar-refractivity contribution in [1.82, 2.24) is 5.32 Å². The highest BCUT2D eigenvalue weighted by Gasteiger charge is 2.40. The van der Waals surface area contributed by atoms with E-state index < -0.39 is 0 Å². The van der Waals surface area contributed by atoms with E-state index in [-0.39, 0.29) is 0 Å².